The van der Waals surface area contributed by atoms with Gasteiger partial charge in [-0.3, -0.25) is 4.79 Å². The van der Waals surface area contributed by atoms with Crippen LogP contribution in [-0.2, 0) is 11.2 Å². The predicted molar refractivity (Wildman–Crippen MR) is 162 cm³/mol. The second-order valence-electron chi connectivity index (χ2n) is 12.5. The van der Waals surface area contributed by atoms with E-state index in [-0.39, 0.29) is 11.3 Å². The summed E-state index contributed by atoms with van der Waals surface area (Å²) in [4.78, 5) is 27.8. The maximum atomic E-state index is 13.2. The van der Waals surface area contributed by atoms with Crippen LogP contribution in [0.15, 0.2) is 60.7 Å². The lowest BCUT2D eigenvalue weighted by atomic mass is 9.84. The lowest BCUT2D eigenvalue weighted by Crippen LogP contribution is -2.36. The van der Waals surface area contributed by atoms with Crippen LogP contribution in [0.2, 0.25) is 0 Å². The molecule has 1 aliphatic heterocycles. The highest BCUT2D eigenvalue weighted by Gasteiger charge is 2.26. The molecule has 0 saturated carbocycles. The fourth-order valence-corrected chi connectivity index (χ4v) is 5.96. The van der Waals surface area contributed by atoms with E-state index < -0.39 is 0 Å². The summed E-state index contributed by atoms with van der Waals surface area (Å²) in [6.45, 7) is 14.0. The third-order valence-corrected chi connectivity index (χ3v) is 7.57. The molecule has 1 saturated heterocycles. The van der Waals surface area contributed by atoms with Crippen molar-refractivity contribution in [3.8, 4) is 5.69 Å². The van der Waals surface area contributed by atoms with E-state index in [0.29, 0.717) is 25.3 Å². The van der Waals surface area contributed by atoms with Gasteiger partial charge in [-0.25, -0.2) is 14.6 Å². The summed E-state index contributed by atoms with van der Waals surface area (Å²) in [7, 11) is 0. The molecule has 1 unspecified atom stereocenters. The van der Waals surface area contributed by atoms with Gasteiger partial charge in [-0.05, 0) is 48.8 Å². The van der Waals surface area contributed by atoms with Crippen LogP contribution in [0.5, 0.6) is 0 Å². The van der Waals surface area contributed by atoms with Crippen LogP contribution in [0.25, 0.3) is 16.7 Å². The van der Waals surface area contributed by atoms with Crippen molar-refractivity contribution in [3.63, 3.8) is 0 Å². The van der Waals surface area contributed by atoms with Gasteiger partial charge in [0.1, 0.15) is 11.6 Å². The summed E-state index contributed by atoms with van der Waals surface area (Å²) in [5.41, 5.74) is 4.12. The Morgan fingerprint density at radius 3 is 2.33 bits per heavy atom. The number of amides is 1. The minimum atomic E-state index is 0.229. The molecule has 4 aromatic rings. The molecule has 210 valence electrons. The van der Waals surface area contributed by atoms with Crippen molar-refractivity contribution >= 4 is 22.8 Å². The standard InChI is InChI=1S/C33H42N6O/c1-24(23-33(3,4)5)21-29(40)37-17-12-18-38(20-19-37)31-30-25(2)36-39(27-15-10-7-11-16-27)32(30)35-28(34-31)22-26-13-8-6-9-14-26/h6-11,13-16,24H,12,17-23H2,1-5H3. The first-order chi connectivity index (χ1) is 19.2. The number of para-hydroxylation sites is 1. The summed E-state index contributed by atoms with van der Waals surface area (Å²) in [5, 5.41) is 5.90. The average Bonchev–Trinajstić information content (AvgIpc) is 3.08. The summed E-state index contributed by atoms with van der Waals surface area (Å²) in [6, 6.07) is 20.5. The van der Waals surface area contributed by atoms with E-state index in [9.17, 15) is 4.79 Å². The van der Waals surface area contributed by atoms with Gasteiger partial charge in [-0.2, -0.15) is 5.10 Å². The minimum absolute atomic E-state index is 0.229. The van der Waals surface area contributed by atoms with E-state index in [1.54, 1.807) is 0 Å². The quantitative estimate of drug-likeness (QED) is 0.280. The van der Waals surface area contributed by atoms with Crippen molar-refractivity contribution < 1.29 is 4.79 Å². The highest BCUT2D eigenvalue weighted by Crippen LogP contribution is 2.31. The summed E-state index contributed by atoms with van der Waals surface area (Å²) < 4.78 is 1.94. The normalized spacial score (nSPS) is 15.3. The number of aromatic nitrogens is 4. The lowest BCUT2D eigenvalue weighted by molar-refractivity contribution is -0.132. The van der Waals surface area contributed by atoms with Gasteiger partial charge in [0.2, 0.25) is 5.91 Å². The van der Waals surface area contributed by atoms with Gasteiger partial charge < -0.3 is 9.80 Å². The van der Waals surface area contributed by atoms with E-state index in [0.717, 1.165) is 66.5 Å². The number of carbonyl (C=O) groups excluding carboxylic acids is 1. The van der Waals surface area contributed by atoms with Crippen molar-refractivity contribution in [3.05, 3.63) is 77.7 Å². The predicted octanol–water partition coefficient (Wildman–Crippen LogP) is 6.22. The van der Waals surface area contributed by atoms with Gasteiger partial charge in [-0.1, -0.05) is 76.2 Å². The van der Waals surface area contributed by atoms with Gasteiger partial charge in [0.05, 0.1) is 16.8 Å². The molecule has 2 aromatic heterocycles. The largest absolute Gasteiger partial charge is 0.354 e. The molecule has 0 radical (unpaired) electrons. The zero-order valence-corrected chi connectivity index (χ0v) is 24.6. The molecular weight excluding hydrogens is 496 g/mol. The van der Waals surface area contributed by atoms with Crippen LogP contribution in [0.4, 0.5) is 5.82 Å². The van der Waals surface area contributed by atoms with E-state index in [1.165, 1.54) is 5.56 Å². The molecule has 1 atom stereocenters. The Bertz CT molecular complexity index is 1440. The monoisotopic (exact) mass is 538 g/mol. The first-order valence-electron chi connectivity index (χ1n) is 14.6. The molecule has 3 heterocycles. The van der Waals surface area contributed by atoms with Crippen molar-refractivity contribution in [2.45, 2.75) is 60.3 Å². The van der Waals surface area contributed by atoms with Crippen LogP contribution in [0.3, 0.4) is 0 Å². The molecule has 0 N–H and O–H groups in total. The smallest absolute Gasteiger partial charge is 0.222 e. The third-order valence-electron chi connectivity index (χ3n) is 7.57. The SMILES string of the molecule is Cc1nn(-c2ccccc2)c2nc(Cc3ccccc3)nc(N3CCCN(C(=O)CC(C)CC(C)(C)C)CC3)c12. The van der Waals surface area contributed by atoms with Gasteiger partial charge in [0.15, 0.2) is 5.65 Å². The van der Waals surface area contributed by atoms with Crippen LogP contribution < -0.4 is 4.90 Å². The Labute approximate surface area is 238 Å². The van der Waals surface area contributed by atoms with Crippen LogP contribution in [0, 0.1) is 18.3 Å². The van der Waals surface area contributed by atoms with E-state index in [1.807, 2.05) is 35.9 Å². The first kappa shape index (κ1) is 27.8. The molecule has 1 fully saturated rings. The minimum Gasteiger partial charge on any atom is -0.354 e. The van der Waals surface area contributed by atoms with Crippen LogP contribution >= 0.6 is 0 Å². The van der Waals surface area contributed by atoms with Crippen LogP contribution in [-0.4, -0.2) is 56.7 Å². The fourth-order valence-electron chi connectivity index (χ4n) is 5.96. The molecule has 1 aliphatic rings. The summed E-state index contributed by atoms with van der Waals surface area (Å²) in [6.07, 6.45) is 3.21. The number of rotatable bonds is 7. The Balaban J connectivity index is 1.45. The first-order valence-corrected chi connectivity index (χ1v) is 14.6. The highest BCUT2D eigenvalue weighted by molar-refractivity contribution is 5.91. The topological polar surface area (TPSA) is 67.2 Å². The maximum absolute atomic E-state index is 13.2. The Morgan fingerprint density at radius 1 is 0.925 bits per heavy atom. The Kier molecular flexibility index (Phi) is 8.19. The van der Waals surface area contributed by atoms with Crippen molar-refractivity contribution in [2.75, 3.05) is 31.1 Å². The molecule has 7 heteroatoms. The van der Waals surface area contributed by atoms with Gasteiger partial charge >= 0.3 is 0 Å². The third kappa shape index (κ3) is 6.52. The Hall–Kier alpha value is -3.74. The number of nitrogens with zero attached hydrogens (tertiary/aromatic N) is 6. The fraction of sp³-hybridized carbons (Fsp3) is 0.455. The second-order valence-corrected chi connectivity index (χ2v) is 12.5. The number of hydrogen-bond acceptors (Lipinski definition) is 5. The number of carbonyl (C=O) groups is 1. The van der Waals surface area contributed by atoms with E-state index in [2.05, 4.69) is 73.9 Å². The molecule has 0 aliphatic carbocycles. The number of fused-ring (bicyclic) bond motifs is 1. The van der Waals surface area contributed by atoms with E-state index >= 15 is 0 Å². The lowest BCUT2D eigenvalue weighted by Gasteiger charge is -2.26. The van der Waals surface area contributed by atoms with Gasteiger partial charge in [0.25, 0.3) is 0 Å². The van der Waals surface area contributed by atoms with Gasteiger partial charge in [0, 0.05) is 39.0 Å². The summed E-state index contributed by atoms with van der Waals surface area (Å²) in [5.74, 6) is 2.34. The molecule has 2 aromatic carbocycles. The van der Waals surface area contributed by atoms with Crippen LogP contribution in [0.1, 0.15) is 64.0 Å². The van der Waals surface area contributed by atoms with Crippen molar-refractivity contribution in [1.82, 2.24) is 24.6 Å². The zero-order chi connectivity index (χ0) is 28.3. The van der Waals surface area contributed by atoms with Gasteiger partial charge in [-0.15, -0.1) is 0 Å². The maximum Gasteiger partial charge on any atom is 0.222 e. The molecule has 7 nitrogen and oxygen atoms in total. The number of anilines is 1. The molecule has 40 heavy (non-hydrogen) atoms. The summed E-state index contributed by atoms with van der Waals surface area (Å²) >= 11 is 0. The average molecular weight is 539 g/mol. The molecule has 1 amide bonds. The molecular formula is C33H42N6O. The molecule has 5 rings (SSSR count). The zero-order valence-electron chi connectivity index (χ0n) is 24.6. The number of aryl methyl sites for hydroxylation is 1. The van der Waals surface area contributed by atoms with Crippen molar-refractivity contribution in [1.29, 1.82) is 0 Å². The van der Waals surface area contributed by atoms with Crippen molar-refractivity contribution in [2.24, 2.45) is 11.3 Å². The number of hydrogen-bond donors (Lipinski definition) is 0. The second kappa shape index (κ2) is 11.8. The molecule has 0 spiro atoms. The number of benzene rings is 2. The van der Waals surface area contributed by atoms with E-state index in [4.69, 9.17) is 15.1 Å². The Morgan fingerprint density at radius 2 is 1.62 bits per heavy atom. The molecule has 0 bridgehead atoms. The highest BCUT2D eigenvalue weighted by atomic mass is 16.2.